The predicted octanol–water partition coefficient (Wildman–Crippen LogP) is 1.01. The third-order valence-electron chi connectivity index (χ3n) is 3.66. The second-order valence-corrected chi connectivity index (χ2v) is 7.92. The second-order valence-electron chi connectivity index (χ2n) is 5.56. The van der Waals surface area contributed by atoms with Crippen molar-refractivity contribution in [1.29, 1.82) is 5.26 Å². The zero-order valence-corrected chi connectivity index (χ0v) is 14.5. The molecule has 1 heterocycles. The topological polar surface area (TPSA) is 105 Å². The van der Waals surface area contributed by atoms with E-state index in [0.717, 1.165) is 17.4 Å². The van der Waals surface area contributed by atoms with E-state index in [1.807, 2.05) is 0 Å². The molecule has 8 heteroatoms. The van der Waals surface area contributed by atoms with Crippen molar-refractivity contribution in [1.82, 2.24) is 15.1 Å². The minimum absolute atomic E-state index is 0.169. The average Bonchev–Trinajstić information content (AvgIpc) is 2.92. The number of rotatable bonds is 5. The molecule has 1 atom stereocenters. The smallest absolute Gasteiger partial charge is 0.238 e. The lowest BCUT2D eigenvalue weighted by molar-refractivity contribution is -0.120. The Hall–Kier alpha value is -2.66. The van der Waals surface area contributed by atoms with Crippen molar-refractivity contribution >= 4 is 15.7 Å². The number of aromatic nitrogens is 2. The summed E-state index contributed by atoms with van der Waals surface area (Å²) in [6.45, 7) is 1.53. The summed E-state index contributed by atoms with van der Waals surface area (Å²) >= 11 is 0. The van der Waals surface area contributed by atoms with E-state index in [1.165, 1.54) is 6.92 Å². The number of carbonyl (C=O) groups is 1. The van der Waals surface area contributed by atoms with Crippen molar-refractivity contribution in [2.45, 2.75) is 18.7 Å². The summed E-state index contributed by atoms with van der Waals surface area (Å²) in [6, 6.07) is 9.00. The molecule has 126 valence electrons. The molecule has 2 aromatic rings. The highest BCUT2D eigenvalue weighted by Gasteiger charge is 2.23. The molecule has 0 aliphatic heterocycles. The Bertz CT molecular complexity index is 892. The molecular formula is C16H18N4O3S. The first-order valence-corrected chi connectivity index (χ1v) is 9.17. The Morgan fingerprint density at radius 2 is 2.00 bits per heavy atom. The zero-order valence-electron chi connectivity index (χ0n) is 13.6. The number of hydrogen-bond acceptors (Lipinski definition) is 5. The molecule has 2 rings (SSSR count). The standard InChI is InChI=1S/C16H18N4O3S/c1-11(24(3,22)23)16(21)18-9-14-10-20(2)19-15(14)13-6-4-12(8-17)5-7-13/h4-7,10-11H,9H2,1-3H3,(H,18,21). The van der Waals surface area contributed by atoms with Gasteiger partial charge in [-0.25, -0.2) is 8.42 Å². The highest BCUT2D eigenvalue weighted by molar-refractivity contribution is 7.92. The molecule has 24 heavy (non-hydrogen) atoms. The lowest BCUT2D eigenvalue weighted by atomic mass is 10.1. The van der Waals surface area contributed by atoms with Crippen LogP contribution in [0.25, 0.3) is 11.3 Å². The minimum Gasteiger partial charge on any atom is -0.351 e. The van der Waals surface area contributed by atoms with Crippen molar-refractivity contribution in [2.24, 2.45) is 7.05 Å². The largest absolute Gasteiger partial charge is 0.351 e. The van der Waals surface area contributed by atoms with Gasteiger partial charge in [0, 0.05) is 37.2 Å². The summed E-state index contributed by atoms with van der Waals surface area (Å²) in [5.74, 6) is -0.549. The van der Waals surface area contributed by atoms with E-state index in [-0.39, 0.29) is 6.54 Å². The molecule has 1 unspecified atom stereocenters. The van der Waals surface area contributed by atoms with Crippen LogP contribution >= 0.6 is 0 Å². The number of aryl methyl sites for hydroxylation is 1. The van der Waals surface area contributed by atoms with Gasteiger partial charge in [0.25, 0.3) is 0 Å². The maximum absolute atomic E-state index is 11.9. The fourth-order valence-corrected chi connectivity index (χ4v) is 2.61. The molecule has 0 aliphatic rings. The molecule has 0 bridgehead atoms. The fraction of sp³-hybridized carbons (Fsp3) is 0.312. The Labute approximate surface area is 140 Å². The van der Waals surface area contributed by atoms with Gasteiger partial charge in [-0.1, -0.05) is 12.1 Å². The molecule has 0 radical (unpaired) electrons. The number of nitrogens with one attached hydrogen (secondary N) is 1. The van der Waals surface area contributed by atoms with Crippen molar-refractivity contribution in [3.05, 3.63) is 41.6 Å². The number of carbonyl (C=O) groups excluding carboxylic acids is 1. The van der Waals surface area contributed by atoms with E-state index >= 15 is 0 Å². The minimum atomic E-state index is -3.43. The number of amides is 1. The van der Waals surface area contributed by atoms with Crippen LogP contribution in [0.1, 0.15) is 18.1 Å². The molecular weight excluding hydrogens is 328 g/mol. The molecule has 7 nitrogen and oxygen atoms in total. The summed E-state index contributed by atoms with van der Waals surface area (Å²) in [7, 11) is -1.67. The number of benzene rings is 1. The fourth-order valence-electron chi connectivity index (χ4n) is 2.13. The van der Waals surface area contributed by atoms with Gasteiger partial charge in [-0.05, 0) is 19.1 Å². The van der Waals surface area contributed by atoms with Gasteiger partial charge in [-0.2, -0.15) is 10.4 Å². The van der Waals surface area contributed by atoms with Crippen molar-refractivity contribution in [3.63, 3.8) is 0 Å². The van der Waals surface area contributed by atoms with Crippen LogP contribution in [0.3, 0.4) is 0 Å². The van der Waals surface area contributed by atoms with Crippen LogP contribution in [-0.2, 0) is 28.2 Å². The first kappa shape index (κ1) is 17.7. The van der Waals surface area contributed by atoms with Crippen LogP contribution in [0.4, 0.5) is 0 Å². The van der Waals surface area contributed by atoms with Crippen LogP contribution in [0.5, 0.6) is 0 Å². The van der Waals surface area contributed by atoms with Crippen LogP contribution in [0.15, 0.2) is 30.5 Å². The molecule has 0 saturated heterocycles. The molecule has 1 aromatic heterocycles. The molecule has 0 saturated carbocycles. The average molecular weight is 346 g/mol. The third-order valence-corrected chi connectivity index (χ3v) is 5.16. The Morgan fingerprint density at radius 1 is 1.38 bits per heavy atom. The van der Waals surface area contributed by atoms with Crippen molar-refractivity contribution in [2.75, 3.05) is 6.26 Å². The zero-order chi connectivity index (χ0) is 17.9. The van der Waals surface area contributed by atoms with Gasteiger partial charge in [0.2, 0.25) is 5.91 Å². The van der Waals surface area contributed by atoms with E-state index in [0.29, 0.717) is 11.3 Å². The summed E-state index contributed by atoms with van der Waals surface area (Å²) in [5, 5.41) is 14.7. The highest BCUT2D eigenvalue weighted by Crippen LogP contribution is 2.22. The molecule has 0 fully saturated rings. The number of nitriles is 1. The summed E-state index contributed by atoms with van der Waals surface area (Å²) in [6.07, 6.45) is 2.79. The summed E-state index contributed by atoms with van der Waals surface area (Å²) < 4.78 is 24.5. The van der Waals surface area contributed by atoms with E-state index in [4.69, 9.17) is 5.26 Å². The molecule has 0 spiro atoms. The Morgan fingerprint density at radius 3 is 2.54 bits per heavy atom. The van der Waals surface area contributed by atoms with E-state index in [9.17, 15) is 13.2 Å². The maximum Gasteiger partial charge on any atom is 0.238 e. The van der Waals surface area contributed by atoms with Gasteiger partial charge in [-0.15, -0.1) is 0 Å². The first-order chi connectivity index (χ1) is 11.2. The van der Waals surface area contributed by atoms with E-state index in [1.54, 1.807) is 42.2 Å². The summed E-state index contributed by atoms with van der Waals surface area (Å²) in [5.41, 5.74) is 2.80. The molecule has 1 N–H and O–H groups in total. The lowest BCUT2D eigenvalue weighted by Crippen LogP contribution is -2.37. The van der Waals surface area contributed by atoms with Gasteiger partial charge in [0.05, 0.1) is 17.3 Å². The predicted molar refractivity (Wildman–Crippen MR) is 89.5 cm³/mol. The maximum atomic E-state index is 11.9. The summed E-state index contributed by atoms with van der Waals surface area (Å²) in [4.78, 5) is 11.9. The van der Waals surface area contributed by atoms with Crippen LogP contribution in [0.2, 0.25) is 0 Å². The van der Waals surface area contributed by atoms with Crippen LogP contribution < -0.4 is 5.32 Å². The Kier molecular flexibility index (Phi) is 5.04. The normalized spacial score (nSPS) is 12.4. The van der Waals surface area contributed by atoms with Crippen LogP contribution in [-0.4, -0.2) is 35.6 Å². The van der Waals surface area contributed by atoms with Gasteiger partial charge in [-0.3, -0.25) is 9.48 Å². The third kappa shape index (κ3) is 4.00. The van der Waals surface area contributed by atoms with Gasteiger partial charge < -0.3 is 5.32 Å². The second kappa shape index (κ2) is 6.84. The first-order valence-electron chi connectivity index (χ1n) is 7.22. The van der Waals surface area contributed by atoms with Crippen LogP contribution in [0, 0.1) is 11.3 Å². The number of sulfone groups is 1. The van der Waals surface area contributed by atoms with E-state index < -0.39 is 21.0 Å². The quantitative estimate of drug-likeness (QED) is 0.870. The molecule has 1 amide bonds. The van der Waals surface area contributed by atoms with Gasteiger partial charge >= 0.3 is 0 Å². The molecule has 1 aromatic carbocycles. The van der Waals surface area contributed by atoms with E-state index in [2.05, 4.69) is 16.5 Å². The number of hydrogen-bond donors (Lipinski definition) is 1. The Balaban J connectivity index is 2.20. The lowest BCUT2D eigenvalue weighted by Gasteiger charge is -2.10. The van der Waals surface area contributed by atoms with Gasteiger partial charge in [0.1, 0.15) is 5.25 Å². The van der Waals surface area contributed by atoms with Crippen molar-refractivity contribution < 1.29 is 13.2 Å². The van der Waals surface area contributed by atoms with Crippen molar-refractivity contribution in [3.8, 4) is 17.3 Å². The SMILES string of the molecule is CC(C(=O)NCc1cn(C)nc1-c1ccc(C#N)cc1)S(C)(=O)=O. The van der Waals surface area contributed by atoms with Gasteiger partial charge in [0.15, 0.2) is 9.84 Å². The highest BCUT2D eigenvalue weighted by atomic mass is 32.2. The molecule has 0 aliphatic carbocycles. The number of nitrogens with zero attached hydrogens (tertiary/aromatic N) is 3. The monoisotopic (exact) mass is 346 g/mol.